The number of halogens is 1. The molecule has 0 saturated carbocycles. The summed E-state index contributed by atoms with van der Waals surface area (Å²) in [4.78, 5) is 34.8. The van der Waals surface area contributed by atoms with Crippen molar-refractivity contribution in [3.05, 3.63) is 115 Å². The van der Waals surface area contributed by atoms with Crippen molar-refractivity contribution in [1.29, 1.82) is 0 Å². The standard InChI is InChI=1S/C31H29FN4O3S/c1-19-14-16-35(17-15-19)26-13-12-24(39-26)18-25-30(38)36-28(21-8-10-22(32)11-9-21)27(20(2)33-31(36)40-25)29(37)34-23-6-4-3-5-7-23/h3-13,18-19,28H,14-17H2,1-2H3,(H,34,37)/b25-18+/t28-/m0/s1. The number of nitrogens with zero attached hydrogens (tertiary/aromatic N) is 3. The number of benzene rings is 2. The Morgan fingerprint density at radius 3 is 2.52 bits per heavy atom. The second-order valence-corrected chi connectivity index (χ2v) is 11.3. The van der Waals surface area contributed by atoms with E-state index < -0.39 is 11.9 Å². The van der Waals surface area contributed by atoms with Crippen molar-refractivity contribution >= 4 is 34.9 Å². The van der Waals surface area contributed by atoms with Gasteiger partial charge in [-0.1, -0.05) is 48.6 Å². The molecule has 40 heavy (non-hydrogen) atoms. The van der Waals surface area contributed by atoms with Crippen LogP contribution in [-0.2, 0) is 4.79 Å². The second-order valence-electron chi connectivity index (χ2n) is 10.3. The molecule has 6 rings (SSSR count). The average molecular weight is 557 g/mol. The van der Waals surface area contributed by atoms with Crippen molar-refractivity contribution in [1.82, 2.24) is 4.57 Å². The molecule has 0 radical (unpaired) electrons. The van der Waals surface area contributed by atoms with Crippen molar-refractivity contribution in [3.63, 3.8) is 0 Å². The number of hydrogen-bond donors (Lipinski definition) is 1. The Balaban J connectivity index is 1.41. The van der Waals surface area contributed by atoms with Crippen LogP contribution in [0.25, 0.3) is 6.08 Å². The predicted octanol–water partition coefficient (Wildman–Crippen LogP) is 4.84. The molecule has 4 aromatic rings. The number of rotatable bonds is 5. The summed E-state index contributed by atoms with van der Waals surface area (Å²) in [6, 6.07) is 18.0. The number of fused-ring (bicyclic) bond motifs is 1. The van der Waals surface area contributed by atoms with E-state index in [0.29, 0.717) is 43.5 Å². The summed E-state index contributed by atoms with van der Waals surface area (Å²) in [5, 5.41) is 2.92. The van der Waals surface area contributed by atoms with Gasteiger partial charge in [0.25, 0.3) is 11.5 Å². The third-order valence-corrected chi connectivity index (χ3v) is 8.45. The number of hydrogen-bond acceptors (Lipinski definition) is 6. The minimum absolute atomic E-state index is 0.291. The first-order valence-corrected chi connectivity index (χ1v) is 14.2. The van der Waals surface area contributed by atoms with E-state index in [9.17, 15) is 14.0 Å². The third kappa shape index (κ3) is 5.04. The van der Waals surface area contributed by atoms with Crippen LogP contribution < -0.4 is 25.1 Å². The molecule has 1 fully saturated rings. The smallest absolute Gasteiger partial charge is 0.271 e. The average Bonchev–Trinajstić information content (AvgIpc) is 3.53. The van der Waals surface area contributed by atoms with Crippen LogP contribution in [0.15, 0.2) is 92.2 Å². The first kappa shape index (κ1) is 26.0. The summed E-state index contributed by atoms with van der Waals surface area (Å²) in [5.74, 6) is 1.32. The first-order valence-electron chi connectivity index (χ1n) is 13.4. The molecule has 4 heterocycles. The van der Waals surface area contributed by atoms with E-state index in [4.69, 9.17) is 4.42 Å². The highest BCUT2D eigenvalue weighted by molar-refractivity contribution is 7.07. The molecule has 0 unspecified atom stereocenters. The number of thiazole rings is 1. The fraction of sp³-hybridized carbons (Fsp3) is 0.258. The van der Waals surface area contributed by atoms with Gasteiger partial charge in [0.15, 0.2) is 10.7 Å². The highest BCUT2D eigenvalue weighted by atomic mass is 32.1. The van der Waals surface area contributed by atoms with Gasteiger partial charge in [-0.25, -0.2) is 9.38 Å². The maximum absolute atomic E-state index is 13.9. The molecule has 1 amide bonds. The van der Waals surface area contributed by atoms with Crippen LogP contribution in [-0.4, -0.2) is 23.6 Å². The SMILES string of the molecule is CC1=C(C(=O)Nc2ccccc2)[C@H](c2ccc(F)cc2)n2c(s/c(=C/c3ccc(N4CCC(C)CC4)o3)c2=O)=N1. The van der Waals surface area contributed by atoms with Gasteiger partial charge < -0.3 is 14.6 Å². The molecule has 2 aromatic heterocycles. The molecular weight excluding hydrogens is 527 g/mol. The Morgan fingerprint density at radius 2 is 1.80 bits per heavy atom. The number of allylic oxidation sites excluding steroid dienone is 1. The quantitative estimate of drug-likeness (QED) is 0.382. The van der Waals surface area contributed by atoms with E-state index >= 15 is 0 Å². The molecule has 0 spiro atoms. The normalized spacial score (nSPS) is 18.0. The Bertz CT molecular complexity index is 1760. The molecule has 0 aliphatic carbocycles. The fourth-order valence-electron chi connectivity index (χ4n) is 5.24. The van der Waals surface area contributed by atoms with Crippen molar-refractivity contribution in [3.8, 4) is 0 Å². The van der Waals surface area contributed by atoms with Crippen molar-refractivity contribution < 1.29 is 13.6 Å². The molecule has 1 atom stereocenters. The van der Waals surface area contributed by atoms with Gasteiger partial charge in [-0.2, -0.15) is 0 Å². The molecular formula is C31H29FN4O3S. The van der Waals surface area contributed by atoms with Gasteiger partial charge >= 0.3 is 0 Å². The molecule has 1 saturated heterocycles. The number of amides is 1. The molecule has 1 N–H and O–H groups in total. The fourth-order valence-corrected chi connectivity index (χ4v) is 6.27. The van der Waals surface area contributed by atoms with Crippen LogP contribution in [0.4, 0.5) is 16.0 Å². The number of para-hydroxylation sites is 1. The zero-order valence-electron chi connectivity index (χ0n) is 22.3. The molecule has 2 aliphatic heterocycles. The van der Waals surface area contributed by atoms with Gasteiger partial charge in [-0.15, -0.1) is 0 Å². The highest BCUT2D eigenvalue weighted by Gasteiger charge is 2.32. The number of carbonyl (C=O) groups is 1. The number of furan rings is 1. The molecule has 2 aromatic carbocycles. The van der Waals surface area contributed by atoms with E-state index in [1.165, 1.54) is 28.0 Å². The summed E-state index contributed by atoms with van der Waals surface area (Å²) < 4.78 is 21.9. The van der Waals surface area contributed by atoms with Crippen LogP contribution in [0.1, 0.15) is 44.1 Å². The van der Waals surface area contributed by atoms with Gasteiger partial charge in [-0.05, 0) is 61.6 Å². The zero-order valence-corrected chi connectivity index (χ0v) is 23.1. The maximum Gasteiger partial charge on any atom is 0.271 e. The van der Waals surface area contributed by atoms with Crippen LogP contribution in [0.3, 0.4) is 0 Å². The Morgan fingerprint density at radius 1 is 1.07 bits per heavy atom. The minimum Gasteiger partial charge on any atom is -0.441 e. The number of carbonyl (C=O) groups excluding carboxylic acids is 1. The van der Waals surface area contributed by atoms with E-state index in [1.807, 2.05) is 30.3 Å². The maximum atomic E-state index is 13.9. The highest BCUT2D eigenvalue weighted by Crippen LogP contribution is 2.31. The topological polar surface area (TPSA) is 79.8 Å². The van der Waals surface area contributed by atoms with Crippen LogP contribution >= 0.6 is 11.3 Å². The lowest BCUT2D eigenvalue weighted by Crippen LogP contribution is -2.40. The Labute approximate surface area is 234 Å². The van der Waals surface area contributed by atoms with E-state index in [2.05, 4.69) is 22.1 Å². The van der Waals surface area contributed by atoms with Crippen LogP contribution in [0.5, 0.6) is 0 Å². The van der Waals surface area contributed by atoms with Crippen molar-refractivity contribution in [2.45, 2.75) is 32.7 Å². The van der Waals surface area contributed by atoms with Gasteiger partial charge in [0.1, 0.15) is 11.6 Å². The van der Waals surface area contributed by atoms with Crippen LogP contribution in [0.2, 0.25) is 0 Å². The molecule has 9 heteroatoms. The predicted molar refractivity (Wildman–Crippen MR) is 155 cm³/mol. The van der Waals surface area contributed by atoms with E-state index in [1.54, 1.807) is 37.3 Å². The summed E-state index contributed by atoms with van der Waals surface area (Å²) in [6.45, 7) is 5.91. The number of anilines is 2. The van der Waals surface area contributed by atoms with E-state index in [-0.39, 0.29) is 11.5 Å². The lowest BCUT2D eigenvalue weighted by Gasteiger charge is -2.29. The molecule has 7 nitrogen and oxygen atoms in total. The van der Waals surface area contributed by atoms with Gasteiger partial charge in [-0.3, -0.25) is 14.2 Å². The molecule has 0 bridgehead atoms. The van der Waals surface area contributed by atoms with Gasteiger partial charge in [0.2, 0.25) is 0 Å². The lowest BCUT2D eigenvalue weighted by atomic mass is 9.95. The van der Waals surface area contributed by atoms with Crippen molar-refractivity contribution in [2.24, 2.45) is 10.9 Å². The summed E-state index contributed by atoms with van der Waals surface area (Å²) in [6.07, 6.45) is 3.97. The lowest BCUT2D eigenvalue weighted by molar-refractivity contribution is -0.113. The van der Waals surface area contributed by atoms with Gasteiger partial charge in [0.05, 0.1) is 21.8 Å². The minimum atomic E-state index is -0.773. The number of piperidine rings is 1. The van der Waals surface area contributed by atoms with Gasteiger partial charge in [0, 0.05) is 30.9 Å². The zero-order chi connectivity index (χ0) is 27.8. The molecule has 204 valence electrons. The van der Waals surface area contributed by atoms with Crippen LogP contribution in [0, 0.1) is 11.7 Å². The second kappa shape index (κ2) is 10.7. The number of nitrogens with one attached hydrogen (secondary N) is 1. The van der Waals surface area contributed by atoms with Crippen molar-refractivity contribution in [2.75, 3.05) is 23.3 Å². The molecule has 2 aliphatic rings. The monoisotopic (exact) mass is 556 g/mol. The Hall–Kier alpha value is -4.24. The first-order chi connectivity index (χ1) is 19.4. The summed E-state index contributed by atoms with van der Waals surface area (Å²) >= 11 is 1.24. The Kier molecular flexibility index (Phi) is 6.98. The summed E-state index contributed by atoms with van der Waals surface area (Å²) in [7, 11) is 0. The van der Waals surface area contributed by atoms with E-state index in [0.717, 1.165) is 31.8 Å². The summed E-state index contributed by atoms with van der Waals surface area (Å²) in [5.41, 5.74) is 1.77. The number of aromatic nitrogens is 1. The largest absolute Gasteiger partial charge is 0.441 e. The third-order valence-electron chi connectivity index (χ3n) is 7.46.